The van der Waals surface area contributed by atoms with Crippen LogP contribution in [0.15, 0.2) is 41.3 Å². The summed E-state index contributed by atoms with van der Waals surface area (Å²) in [5, 5.41) is 5.29. The van der Waals surface area contributed by atoms with Crippen molar-refractivity contribution in [2.24, 2.45) is 0 Å². The maximum atomic E-state index is 12.0. The predicted octanol–water partition coefficient (Wildman–Crippen LogP) is 3.88. The molecule has 1 atom stereocenters. The molecular formula is C14H12ClNOS. The molecule has 1 aliphatic heterocycles. The number of fused-ring (bicyclic) bond motifs is 3. The lowest BCUT2D eigenvalue weighted by atomic mass is 10.1. The molecule has 0 bridgehead atoms. The molecule has 1 unspecified atom stereocenters. The smallest absolute Gasteiger partial charge is 0.241 e. The van der Waals surface area contributed by atoms with E-state index >= 15 is 0 Å². The van der Waals surface area contributed by atoms with Crippen LogP contribution in [0.25, 0.3) is 10.8 Å². The number of carbonyl (C=O) groups excluding carboxylic acids is 1. The van der Waals surface area contributed by atoms with E-state index in [9.17, 15) is 4.79 Å². The molecule has 1 aliphatic rings. The highest BCUT2D eigenvalue weighted by atomic mass is 35.5. The number of benzene rings is 2. The molecule has 0 aliphatic carbocycles. The van der Waals surface area contributed by atoms with Gasteiger partial charge in [-0.15, -0.1) is 23.4 Å². The summed E-state index contributed by atoms with van der Waals surface area (Å²) in [5.41, 5.74) is 0.881. The Bertz CT molecular complexity index is 643. The molecule has 2 aromatic carbocycles. The van der Waals surface area contributed by atoms with Crippen LogP contribution in [0.1, 0.15) is 6.92 Å². The van der Waals surface area contributed by atoms with Gasteiger partial charge in [0.15, 0.2) is 0 Å². The monoisotopic (exact) mass is 277 g/mol. The Morgan fingerprint density at radius 3 is 2.83 bits per heavy atom. The van der Waals surface area contributed by atoms with Gasteiger partial charge in [-0.25, -0.2) is 0 Å². The first-order valence-corrected chi connectivity index (χ1v) is 7.07. The SMILES string of the molecule is CC1(CCl)Sc2c(ccc3ccccc23)NC1=O. The average Bonchev–Trinajstić information content (AvgIpc) is 2.40. The van der Waals surface area contributed by atoms with Crippen LogP contribution in [0.4, 0.5) is 5.69 Å². The van der Waals surface area contributed by atoms with Crippen molar-refractivity contribution in [1.82, 2.24) is 0 Å². The molecule has 0 spiro atoms. The van der Waals surface area contributed by atoms with Gasteiger partial charge in [0.1, 0.15) is 4.75 Å². The van der Waals surface area contributed by atoms with E-state index in [-0.39, 0.29) is 5.91 Å². The number of hydrogen-bond donors (Lipinski definition) is 1. The van der Waals surface area contributed by atoms with E-state index in [4.69, 9.17) is 11.6 Å². The van der Waals surface area contributed by atoms with Crippen LogP contribution < -0.4 is 5.32 Å². The second-order valence-electron chi connectivity index (χ2n) is 4.58. The van der Waals surface area contributed by atoms with Gasteiger partial charge in [0.2, 0.25) is 5.91 Å². The summed E-state index contributed by atoms with van der Waals surface area (Å²) in [4.78, 5) is 13.1. The lowest BCUT2D eigenvalue weighted by Gasteiger charge is -2.32. The summed E-state index contributed by atoms with van der Waals surface area (Å²) in [7, 11) is 0. The van der Waals surface area contributed by atoms with E-state index in [1.54, 1.807) is 11.8 Å². The maximum absolute atomic E-state index is 12.0. The molecule has 1 amide bonds. The number of anilines is 1. The predicted molar refractivity (Wildman–Crippen MR) is 77.6 cm³/mol. The van der Waals surface area contributed by atoms with Gasteiger partial charge in [0, 0.05) is 10.8 Å². The number of nitrogens with one attached hydrogen (secondary N) is 1. The molecule has 0 aromatic heterocycles. The maximum Gasteiger partial charge on any atom is 0.241 e. The van der Waals surface area contributed by atoms with Gasteiger partial charge in [-0.05, 0) is 23.8 Å². The fraction of sp³-hybridized carbons (Fsp3) is 0.214. The van der Waals surface area contributed by atoms with Gasteiger partial charge in [-0.1, -0.05) is 30.3 Å². The zero-order chi connectivity index (χ0) is 12.8. The van der Waals surface area contributed by atoms with Crippen molar-refractivity contribution in [3.05, 3.63) is 36.4 Å². The Balaban J connectivity index is 2.23. The highest BCUT2D eigenvalue weighted by Crippen LogP contribution is 2.46. The third-order valence-electron chi connectivity index (χ3n) is 3.19. The van der Waals surface area contributed by atoms with Gasteiger partial charge in [-0.3, -0.25) is 4.79 Å². The summed E-state index contributed by atoms with van der Waals surface area (Å²) < 4.78 is -0.599. The topological polar surface area (TPSA) is 29.1 Å². The van der Waals surface area contributed by atoms with Gasteiger partial charge in [0.05, 0.1) is 5.69 Å². The standard InChI is InChI=1S/C14H12ClNOS/c1-14(8-15)13(17)16-11-7-6-9-4-2-3-5-10(9)12(11)18-14/h2-7H,8H2,1H3,(H,16,17). The summed E-state index contributed by atoms with van der Waals surface area (Å²) in [6.45, 7) is 1.88. The summed E-state index contributed by atoms with van der Waals surface area (Å²) in [6, 6.07) is 12.2. The van der Waals surface area contributed by atoms with E-state index in [0.29, 0.717) is 5.88 Å². The van der Waals surface area contributed by atoms with Crippen molar-refractivity contribution in [3.8, 4) is 0 Å². The highest BCUT2D eigenvalue weighted by Gasteiger charge is 2.38. The molecule has 4 heteroatoms. The molecule has 2 aromatic rings. The molecule has 92 valence electrons. The van der Waals surface area contributed by atoms with Crippen molar-refractivity contribution in [1.29, 1.82) is 0 Å². The molecule has 1 heterocycles. The minimum absolute atomic E-state index is 0.0229. The number of hydrogen-bond acceptors (Lipinski definition) is 2. The van der Waals surface area contributed by atoms with Crippen LogP contribution >= 0.6 is 23.4 Å². The fourth-order valence-electron chi connectivity index (χ4n) is 2.07. The Morgan fingerprint density at radius 2 is 2.06 bits per heavy atom. The second kappa shape index (κ2) is 4.18. The Morgan fingerprint density at radius 1 is 1.28 bits per heavy atom. The van der Waals surface area contributed by atoms with E-state index in [2.05, 4.69) is 17.4 Å². The first-order chi connectivity index (χ1) is 8.64. The zero-order valence-electron chi connectivity index (χ0n) is 9.87. The normalized spacial score (nSPS) is 22.7. The first kappa shape index (κ1) is 11.9. The van der Waals surface area contributed by atoms with Crippen molar-refractivity contribution >= 4 is 45.7 Å². The number of thioether (sulfide) groups is 1. The first-order valence-electron chi connectivity index (χ1n) is 5.72. The molecular weight excluding hydrogens is 266 g/mol. The van der Waals surface area contributed by atoms with E-state index < -0.39 is 4.75 Å². The van der Waals surface area contributed by atoms with E-state index in [0.717, 1.165) is 16.0 Å². The molecule has 3 rings (SSSR count). The Kier molecular flexibility index (Phi) is 2.76. The minimum Gasteiger partial charge on any atom is -0.324 e. The summed E-state index contributed by atoms with van der Waals surface area (Å²) >= 11 is 7.51. The van der Waals surface area contributed by atoms with Crippen LogP contribution in [-0.4, -0.2) is 16.5 Å². The summed E-state index contributed by atoms with van der Waals surface area (Å²) in [6.07, 6.45) is 0. The lowest BCUT2D eigenvalue weighted by Crippen LogP contribution is -2.41. The third kappa shape index (κ3) is 1.70. The number of rotatable bonds is 1. The van der Waals surface area contributed by atoms with Gasteiger partial charge < -0.3 is 5.32 Å². The second-order valence-corrected chi connectivity index (χ2v) is 6.36. The number of carbonyl (C=O) groups is 1. The van der Waals surface area contributed by atoms with E-state index in [1.807, 2.05) is 31.2 Å². The number of halogens is 1. The molecule has 2 nitrogen and oxygen atoms in total. The van der Waals surface area contributed by atoms with Crippen LogP contribution in [0.2, 0.25) is 0 Å². The minimum atomic E-state index is -0.599. The third-order valence-corrected chi connectivity index (χ3v) is 5.31. The Labute approximate surface area is 115 Å². The highest BCUT2D eigenvalue weighted by molar-refractivity contribution is 8.02. The molecule has 0 radical (unpaired) electrons. The fourth-order valence-corrected chi connectivity index (χ4v) is 3.52. The van der Waals surface area contributed by atoms with Crippen LogP contribution in [-0.2, 0) is 4.79 Å². The molecule has 0 fully saturated rings. The van der Waals surface area contributed by atoms with Crippen molar-refractivity contribution in [2.45, 2.75) is 16.6 Å². The average molecular weight is 278 g/mol. The molecule has 1 N–H and O–H groups in total. The zero-order valence-corrected chi connectivity index (χ0v) is 11.4. The van der Waals surface area contributed by atoms with Gasteiger partial charge >= 0.3 is 0 Å². The quantitative estimate of drug-likeness (QED) is 0.802. The lowest BCUT2D eigenvalue weighted by molar-refractivity contribution is -0.117. The van der Waals surface area contributed by atoms with Crippen molar-refractivity contribution in [2.75, 3.05) is 11.2 Å². The van der Waals surface area contributed by atoms with E-state index in [1.165, 1.54) is 5.39 Å². The van der Waals surface area contributed by atoms with Crippen molar-refractivity contribution in [3.63, 3.8) is 0 Å². The summed E-state index contributed by atoms with van der Waals surface area (Å²) in [5.74, 6) is 0.275. The molecule has 18 heavy (non-hydrogen) atoms. The van der Waals surface area contributed by atoms with Gasteiger partial charge in [0.25, 0.3) is 0 Å². The van der Waals surface area contributed by atoms with Crippen LogP contribution in [0.5, 0.6) is 0 Å². The van der Waals surface area contributed by atoms with Gasteiger partial charge in [-0.2, -0.15) is 0 Å². The van der Waals surface area contributed by atoms with Crippen molar-refractivity contribution < 1.29 is 4.79 Å². The largest absolute Gasteiger partial charge is 0.324 e. The number of alkyl halides is 1. The van der Waals surface area contributed by atoms with Crippen LogP contribution in [0, 0.1) is 0 Å². The molecule has 0 saturated heterocycles. The number of amides is 1. The Hall–Kier alpha value is -1.19. The molecule has 0 saturated carbocycles. The van der Waals surface area contributed by atoms with Crippen LogP contribution in [0.3, 0.4) is 0 Å².